The van der Waals surface area contributed by atoms with Gasteiger partial charge in [0.2, 0.25) is 0 Å². The number of aryl methyl sites for hydroxylation is 3. The lowest BCUT2D eigenvalue weighted by Gasteiger charge is -2.08. The van der Waals surface area contributed by atoms with Crippen LogP contribution in [0, 0.1) is 32.6 Å². The first-order valence-corrected chi connectivity index (χ1v) is 7.41. The molecule has 2 rings (SSSR count). The van der Waals surface area contributed by atoms with Crippen molar-refractivity contribution in [3.8, 4) is 11.8 Å². The molecule has 0 atom stereocenters. The fraction of sp³-hybridized carbons (Fsp3) is 0.235. The van der Waals surface area contributed by atoms with Crippen molar-refractivity contribution in [2.45, 2.75) is 20.8 Å². The van der Waals surface area contributed by atoms with E-state index >= 15 is 0 Å². The molecule has 0 saturated heterocycles. The fourth-order valence-corrected chi connectivity index (χ4v) is 2.77. The number of aliphatic hydroxyl groups excluding tert-OH is 1. The van der Waals surface area contributed by atoms with Gasteiger partial charge in [0.1, 0.15) is 6.61 Å². The summed E-state index contributed by atoms with van der Waals surface area (Å²) >= 11 is 1.49. The van der Waals surface area contributed by atoms with E-state index in [0.717, 1.165) is 27.3 Å². The minimum atomic E-state index is -0.177. The minimum absolute atomic E-state index is 0.105. The van der Waals surface area contributed by atoms with E-state index in [4.69, 9.17) is 5.11 Å². The predicted octanol–water partition coefficient (Wildman–Crippen LogP) is 3.27. The lowest BCUT2D eigenvalue weighted by molar-refractivity contribution is 0.103. The molecule has 0 bridgehead atoms. The van der Waals surface area contributed by atoms with Crippen LogP contribution in [0.3, 0.4) is 0 Å². The van der Waals surface area contributed by atoms with Crippen molar-refractivity contribution in [1.82, 2.24) is 0 Å². The first-order valence-electron chi connectivity index (χ1n) is 6.60. The van der Waals surface area contributed by atoms with Gasteiger partial charge >= 0.3 is 0 Å². The van der Waals surface area contributed by atoms with Gasteiger partial charge in [-0.2, -0.15) is 0 Å². The van der Waals surface area contributed by atoms with Crippen LogP contribution in [0.2, 0.25) is 0 Å². The average molecular weight is 299 g/mol. The highest BCUT2D eigenvalue weighted by molar-refractivity contribution is 7.14. The maximum absolute atomic E-state index is 12.3. The van der Waals surface area contributed by atoms with Crippen molar-refractivity contribution in [1.29, 1.82) is 0 Å². The van der Waals surface area contributed by atoms with Crippen LogP contribution in [0.4, 0.5) is 5.69 Å². The predicted molar refractivity (Wildman–Crippen MR) is 86.9 cm³/mol. The largest absolute Gasteiger partial charge is 0.384 e. The third kappa shape index (κ3) is 3.72. The van der Waals surface area contributed by atoms with Gasteiger partial charge in [-0.1, -0.05) is 17.9 Å². The van der Waals surface area contributed by atoms with Crippen molar-refractivity contribution >= 4 is 22.9 Å². The molecule has 21 heavy (non-hydrogen) atoms. The zero-order chi connectivity index (χ0) is 15.4. The quantitative estimate of drug-likeness (QED) is 0.836. The molecule has 0 aliphatic heterocycles. The molecule has 2 aromatic rings. The molecule has 0 aliphatic rings. The Morgan fingerprint density at radius 1 is 1.24 bits per heavy atom. The van der Waals surface area contributed by atoms with Crippen molar-refractivity contribution in [2.24, 2.45) is 0 Å². The number of amides is 1. The highest BCUT2D eigenvalue weighted by Crippen LogP contribution is 2.23. The molecule has 4 heteroatoms. The van der Waals surface area contributed by atoms with E-state index in [2.05, 4.69) is 17.2 Å². The molecule has 0 aliphatic carbocycles. The second-order valence-corrected chi connectivity index (χ2v) is 6.05. The average Bonchev–Trinajstić information content (AvgIpc) is 2.79. The Morgan fingerprint density at radius 2 is 2.00 bits per heavy atom. The molecule has 1 heterocycles. The summed E-state index contributed by atoms with van der Waals surface area (Å²) in [4.78, 5) is 14.1. The standard InChI is InChI=1S/C17H17NO2S/c1-11-6-7-14(5-4-8-19)10-15(11)18-17(20)16-9-12(2)13(3)21-16/h6-7,9-10,19H,8H2,1-3H3,(H,18,20). The van der Waals surface area contributed by atoms with Crippen LogP contribution in [0.15, 0.2) is 24.3 Å². The van der Waals surface area contributed by atoms with Crippen molar-refractivity contribution in [3.63, 3.8) is 0 Å². The van der Waals surface area contributed by atoms with Crippen LogP contribution in [0.1, 0.15) is 31.2 Å². The third-order valence-corrected chi connectivity index (χ3v) is 4.34. The van der Waals surface area contributed by atoms with E-state index in [1.54, 1.807) is 0 Å². The zero-order valence-corrected chi connectivity index (χ0v) is 13.1. The number of rotatable bonds is 2. The Labute approximate surface area is 128 Å². The summed E-state index contributed by atoms with van der Waals surface area (Å²) in [5, 5.41) is 11.7. The van der Waals surface area contributed by atoms with Gasteiger partial charge in [0.25, 0.3) is 5.91 Å². The maximum Gasteiger partial charge on any atom is 0.265 e. The smallest absolute Gasteiger partial charge is 0.265 e. The molecule has 1 aromatic heterocycles. The number of aliphatic hydroxyl groups is 1. The van der Waals surface area contributed by atoms with Crippen molar-refractivity contribution in [2.75, 3.05) is 11.9 Å². The summed E-state index contributed by atoms with van der Waals surface area (Å²) in [6, 6.07) is 7.50. The number of anilines is 1. The Balaban J connectivity index is 2.24. The topological polar surface area (TPSA) is 49.3 Å². The second-order valence-electron chi connectivity index (χ2n) is 4.79. The maximum atomic E-state index is 12.3. The summed E-state index contributed by atoms with van der Waals surface area (Å²) < 4.78 is 0. The highest BCUT2D eigenvalue weighted by atomic mass is 32.1. The number of hydrogen-bond donors (Lipinski definition) is 2. The third-order valence-electron chi connectivity index (χ3n) is 3.19. The van der Waals surface area contributed by atoms with Gasteiger partial charge in [-0.05, 0) is 50.1 Å². The molecular formula is C17H17NO2S. The van der Waals surface area contributed by atoms with Gasteiger partial charge < -0.3 is 10.4 Å². The Kier molecular flexibility index (Phi) is 4.79. The van der Waals surface area contributed by atoms with E-state index in [-0.39, 0.29) is 12.5 Å². The Bertz CT molecular complexity index is 715. The molecule has 0 fully saturated rings. The molecule has 0 saturated carbocycles. The van der Waals surface area contributed by atoms with Gasteiger partial charge in [0.15, 0.2) is 0 Å². The van der Waals surface area contributed by atoms with Crippen molar-refractivity contribution in [3.05, 3.63) is 50.7 Å². The monoisotopic (exact) mass is 299 g/mol. The van der Waals surface area contributed by atoms with E-state index in [1.807, 2.05) is 45.0 Å². The number of nitrogens with one attached hydrogen (secondary N) is 1. The number of thiophene rings is 1. The van der Waals surface area contributed by atoms with E-state index in [0.29, 0.717) is 4.88 Å². The number of carbonyl (C=O) groups is 1. The van der Waals surface area contributed by atoms with Gasteiger partial charge in [-0.25, -0.2) is 0 Å². The van der Waals surface area contributed by atoms with Gasteiger partial charge in [-0.3, -0.25) is 4.79 Å². The minimum Gasteiger partial charge on any atom is -0.384 e. The van der Waals surface area contributed by atoms with E-state index in [1.165, 1.54) is 11.3 Å². The SMILES string of the molecule is Cc1ccc(C#CCO)cc1NC(=O)c1cc(C)c(C)s1. The van der Waals surface area contributed by atoms with E-state index < -0.39 is 0 Å². The molecule has 1 aromatic carbocycles. The van der Waals surface area contributed by atoms with Crippen LogP contribution < -0.4 is 5.32 Å². The molecule has 1 amide bonds. The second kappa shape index (κ2) is 6.57. The molecule has 0 radical (unpaired) electrons. The first-order chi connectivity index (χ1) is 10.0. The summed E-state index contributed by atoms with van der Waals surface area (Å²) in [7, 11) is 0. The highest BCUT2D eigenvalue weighted by Gasteiger charge is 2.12. The number of carbonyl (C=O) groups excluding carboxylic acids is 1. The van der Waals surface area contributed by atoms with Crippen LogP contribution in [-0.2, 0) is 0 Å². The Morgan fingerprint density at radius 3 is 2.62 bits per heavy atom. The molecule has 0 spiro atoms. The van der Waals surface area contributed by atoms with Gasteiger partial charge in [-0.15, -0.1) is 11.3 Å². The summed E-state index contributed by atoms with van der Waals surface area (Å²) in [5.74, 6) is 5.34. The lowest BCUT2D eigenvalue weighted by Crippen LogP contribution is -2.11. The molecule has 3 nitrogen and oxygen atoms in total. The fourth-order valence-electron chi connectivity index (χ4n) is 1.84. The van der Waals surface area contributed by atoms with Crippen LogP contribution in [0.5, 0.6) is 0 Å². The van der Waals surface area contributed by atoms with Crippen LogP contribution >= 0.6 is 11.3 Å². The van der Waals surface area contributed by atoms with Crippen molar-refractivity contribution < 1.29 is 9.90 Å². The number of benzene rings is 1. The van der Waals surface area contributed by atoms with Crippen LogP contribution in [-0.4, -0.2) is 17.6 Å². The normalized spacial score (nSPS) is 9.90. The first kappa shape index (κ1) is 15.3. The molecule has 0 unspecified atom stereocenters. The number of hydrogen-bond acceptors (Lipinski definition) is 3. The van der Waals surface area contributed by atoms with E-state index in [9.17, 15) is 4.79 Å². The van der Waals surface area contributed by atoms with Gasteiger partial charge in [0, 0.05) is 16.1 Å². The molecule has 2 N–H and O–H groups in total. The lowest BCUT2D eigenvalue weighted by atomic mass is 10.1. The summed E-state index contributed by atoms with van der Waals surface area (Å²) in [6.07, 6.45) is 0. The van der Waals surface area contributed by atoms with Gasteiger partial charge in [0.05, 0.1) is 4.88 Å². The molecule has 108 valence electrons. The van der Waals surface area contributed by atoms with Crippen LogP contribution in [0.25, 0.3) is 0 Å². The zero-order valence-electron chi connectivity index (χ0n) is 12.3. The Hall–Kier alpha value is -2.09. The summed E-state index contributed by atoms with van der Waals surface area (Å²) in [5.41, 5.74) is 3.62. The summed E-state index contributed by atoms with van der Waals surface area (Å²) in [6.45, 7) is 5.76. The molecular weight excluding hydrogens is 282 g/mol.